The molecular weight excluding hydrogens is 290 g/mol. The Labute approximate surface area is 126 Å². The van der Waals surface area contributed by atoms with Crippen molar-refractivity contribution in [3.63, 3.8) is 0 Å². The van der Waals surface area contributed by atoms with E-state index < -0.39 is 10.0 Å². The molecule has 1 fully saturated rings. The standard InChI is InChI=1S/C13H23N5O2S/c1-3-4-14-13-10-15-12(9-16-13)11-17-5-7-18(8-6-17)21(2,19)20/h9-10H,3-8,11H2,1-2H3,(H,14,16). The van der Waals surface area contributed by atoms with Gasteiger partial charge in [0.1, 0.15) is 5.82 Å². The molecule has 1 aromatic rings. The van der Waals surface area contributed by atoms with Gasteiger partial charge >= 0.3 is 0 Å². The molecule has 0 saturated carbocycles. The van der Waals surface area contributed by atoms with Crippen LogP contribution in [0.5, 0.6) is 0 Å². The largest absolute Gasteiger partial charge is 0.369 e. The quantitative estimate of drug-likeness (QED) is 0.818. The normalized spacial score (nSPS) is 17.8. The maximum Gasteiger partial charge on any atom is 0.211 e. The van der Waals surface area contributed by atoms with Crippen LogP contribution < -0.4 is 5.32 Å². The van der Waals surface area contributed by atoms with Gasteiger partial charge in [-0.25, -0.2) is 13.4 Å². The first-order valence-corrected chi connectivity index (χ1v) is 9.06. The third kappa shape index (κ3) is 4.90. The van der Waals surface area contributed by atoms with Crippen LogP contribution in [-0.4, -0.2) is 66.6 Å². The Morgan fingerprint density at radius 1 is 1.19 bits per heavy atom. The average Bonchev–Trinajstić information content (AvgIpc) is 2.46. The zero-order valence-electron chi connectivity index (χ0n) is 12.6. The van der Waals surface area contributed by atoms with Gasteiger partial charge in [0.2, 0.25) is 10.0 Å². The van der Waals surface area contributed by atoms with Crippen LogP contribution in [0.25, 0.3) is 0 Å². The Morgan fingerprint density at radius 2 is 1.90 bits per heavy atom. The number of nitrogens with one attached hydrogen (secondary N) is 1. The zero-order chi connectivity index (χ0) is 15.3. The summed E-state index contributed by atoms with van der Waals surface area (Å²) >= 11 is 0. The lowest BCUT2D eigenvalue weighted by molar-refractivity contribution is 0.180. The van der Waals surface area contributed by atoms with Crippen molar-refractivity contribution in [2.45, 2.75) is 19.9 Å². The molecule has 1 aliphatic rings. The van der Waals surface area contributed by atoms with E-state index in [2.05, 4.69) is 27.1 Å². The second-order valence-corrected chi connectivity index (χ2v) is 7.24. The predicted octanol–water partition coefficient (Wildman–Crippen LogP) is 0.376. The summed E-state index contributed by atoms with van der Waals surface area (Å²) in [6.07, 6.45) is 5.84. The fourth-order valence-corrected chi connectivity index (χ4v) is 3.06. The zero-order valence-corrected chi connectivity index (χ0v) is 13.4. The molecule has 0 unspecified atom stereocenters. The molecule has 0 bridgehead atoms. The number of nitrogens with zero attached hydrogens (tertiary/aromatic N) is 4. The van der Waals surface area contributed by atoms with Gasteiger partial charge in [-0.3, -0.25) is 9.88 Å². The molecule has 0 radical (unpaired) electrons. The van der Waals surface area contributed by atoms with E-state index in [1.165, 1.54) is 10.6 Å². The van der Waals surface area contributed by atoms with Crippen molar-refractivity contribution in [3.8, 4) is 0 Å². The molecule has 0 aromatic carbocycles. The Kier molecular flexibility index (Phi) is 5.49. The van der Waals surface area contributed by atoms with Gasteiger partial charge < -0.3 is 5.32 Å². The van der Waals surface area contributed by atoms with Crippen LogP contribution in [0.15, 0.2) is 12.4 Å². The first kappa shape index (κ1) is 16.1. The minimum Gasteiger partial charge on any atom is -0.369 e. The molecule has 21 heavy (non-hydrogen) atoms. The van der Waals surface area contributed by atoms with Crippen molar-refractivity contribution in [3.05, 3.63) is 18.1 Å². The first-order chi connectivity index (χ1) is 9.99. The molecule has 1 aliphatic heterocycles. The number of hydrogen-bond donors (Lipinski definition) is 1. The minimum absolute atomic E-state index is 0.544. The number of anilines is 1. The maximum absolute atomic E-state index is 11.5. The van der Waals surface area contributed by atoms with Crippen molar-refractivity contribution in [1.29, 1.82) is 0 Å². The molecule has 118 valence electrons. The molecular formula is C13H23N5O2S. The van der Waals surface area contributed by atoms with Crippen LogP contribution in [0, 0.1) is 0 Å². The topological polar surface area (TPSA) is 78.4 Å². The average molecular weight is 313 g/mol. The SMILES string of the molecule is CCCNc1cnc(CN2CCN(S(C)(=O)=O)CC2)cn1. The molecule has 1 saturated heterocycles. The summed E-state index contributed by atoms with van der Waals surface area (Å²) in [6.45, 7) is 6.24. The Balaban J connectivity index is 1.83. The summed E-state index contributed by atoms with van der Waals surface area (Å²) < 4.78 is 24.4. The summed E-state index contributed by atoms with van der Waals surface area (Å²) in [5, 5.41) is 3.19. The third-order valence-electron chi connectivity index (χ3n) is 3.45. The molecule has 1 aromatic heterocycles. The first-order valence-electron chi connectivity index (χ1n) is 7.21. The van der Waals surface area contributed by atoms with Crippen LogP contribution >= 0.6 is 0 Å². The van der Waals surface area contributed by atoms with Gasteiger partial charge in [0.05, 0.1) is 24.3 Å². The van der Waals surface area contributed by atoms with Crippen molar-refractivity contribution in [2.75, 3.05) is 44.3 Å². The summed E-state index contributed by atoms with van der Waals surface area (Å²) in [4.78, 5) is 10.9. The lowest BCUT2D eigenvalue weighted by Gasteiger charge is -2.32. The monoisotopic (exact) mass is 313 g/mol. The van der Waals surface area contributed by atoms with Crippen molar-refractivity contribution in [1.82, 2.24) is 19.2 Å². The van der Waals surface area contributed by atoms with Crippen LogP contribution in [0.2, 0.25) is 0 Å². The summed E-state index contributed by atoms with van der Waals surface area (Å²) in [6, 6.07) is 0. The van der Waals surface area contributed by atoms with Gasteiger partial charge in [-0.1, -0.05) is 6.92 Å². The van der Waals surface area contributed by atoms with E-state index in [9.17, 15) is 8.42 Å². The molecule has 1 N–H and O–H groups in total. The van der Waals surface area contributed by atoms with E-state index in [4.69, 9.17) is 0 Å². The lowest BCUT2D eigenvalue weighted by Crippen LogP contribution is -2.47. The highest BCUT2D eigenvalue weighted by Gasteiger charge is 2.23. The number of piperazine rings is 1. The fourth-order valence-electron chi connectivity index (χ4n) is 2.23. The molecule has 0 amide bonds. The number of hydrogen-bond acceptors (Lipinski definition) is 6. The van der Waals surface area contributed by atoms with Crippen LogP contribution in [0.4, 0.5) is 5.82 Å². The summed E-state index contributed by atoms with van der Waals surface area (Å²) in [5.74, 6) is 0.794. The lowest BCUT2D eigenvalue weighted by atomic mass is 10.3. The van der Waals surface area contributed by atoms with Gasteiger partial charge in [-0.15, -0.1) is 0 Å². The van der Waals surface area contributed by atoms with E-state index in [0.29, 0.717) is 19.6 Å². The van der Waals surface area contributed by atoms with E-state index in [1.54, 1.807) is 12.4 Å². The highest BCUT2D eigenvalue weighted by molar-refractivity contribution is 7.88. The van der Waals surface area contributed by atoms with Crippen molar-refractivity contribution >= 4 is 15.8 Å². The van der Waals surface area contributed by atoms with E-state index in [0.717, 1.165) is 37.6 Å². The Morgan fingerprint density at radius 3 is 2.43 bits per heavy atom. The molecule has 8 heteroatoms. The van der Waals surface area contributed by atoms with Crippen LogP contribution in [0.1, 0.15) is 19.0 Å². The van der Waals surface area contributed by atoms with Gasteiger partial charge in [0, 0.05) is 39.3 Å². The smallest absolute Gasteiger partial charge is 0.211 e. The van der Waals surface area contributed by atoms with Crippen molar-refractivity contribution < 1.29 is 8.42 Å². The Hall–Kier alpha value is -1.25. The molecule has 0 aliphatic carbocycles. The summed E-state index contributed by atoms with van der Waals surface area (Å²) in [7, 11) is -3.07. The van der Waals surface area contributed by atoms with Gasteiger partial charge in [0.25, 0.3) is 0 Å². The van der Waals surface area contributed by atoms with Gasteiger partial charge in [-0.2, -0.15) is 4.31 Å². The van der Waals surface area contributed by atoms with Gasteiger partial charge in [0.15, 0.2) is 0 Å². The molecule has 2 heterocycles. The molecule has 0 atom stereocenters. The molecule has 7 nitrogen and oxygen atoms in total. The van der Waals surface area contributed by atoms with Crippen LogP contribution in [-0.2, 0) is 16.6 Å². The third-order valence-corrected chi connectivity index (χ3v) is 4.75. The number of sulfonamides is 1. The van der Waals surface area contributed by atoms with E-state index >= 15 is 0 Å². The van der Waals surface area contributed by atoms with E-state index in [1.807, 2.05) is 0 Å². The van der Waals surface area contributed by atoms with E-state index in [-0.39, 0.29) is 0 Å². The highest BCUT2D eigenvalue weighted by Crippen LogP contribution is 2.09. The highest BCUT2D eigenvalue weighted by atomic mass is 32.2. The molecule has 0 spiro atoms. The van der Waals surface area contributed by atoms with Gasteiger partial charge in [-0.05, 0) is 6.42 Å². The molecule has 2 rings (SSSR count). The second-order valence-electron chi connectivity index (χ2n) is 5.26. The second kappa shape index (κ2) is 7.15. The predicted molar refractivity (Wildman–Crippen MR) is 82.5 cm³/mol. The maximum atomic E-state index is 11.5. The Bertz CT molecular complexity index is 538. The number of rotatable bonds is 6. The van der Waals surface area contributed by atoms with Crippen LogP contribution in [0.3, 0.4) is 0 Å². The minimum atomic E-state index is -3.07. The van der Waals surface area contributed by atoms with Crippen molar-refractivity contribution in [2.24, 2.45) is 0 Å². The fraction of sp³-hybridized carbons (Fsp3) is 0.692. The number of aromatic nitrogens is 2. The summed E-state index contributed by atoms with van der Waals surface area (Å²) in [5.41, 5.74) is 0.907.